The maximum absolute atomic E-state index is 11.4. The van der Waals surface area contributed by atoms with Gasteiger partial charge in [0.25, 0.3) is 5.69 Å². The number of carboxylic acids is 1. The molecule has 90 valence electrons. The summed E-state index contributed by atoms with van der Waals surface area (Å²) in [6.45, 7) is 1.50. The molecular formula is C10H9NO6. The third-order valence-electron chi connectivity index (χ3n) is 2.16. The number of carbonyl (C=O) groups is 2. The van der Waals surface area contributed by atoms with Crippen molar-refractivity contribution in [2.24, 2.45) is 0 Å². The van der Waals surface area contributed by atoms with E-state index in [9.17, 15) is 24.8 Å². The van der Waals surface area contributed by atoms with Crippen LogP contribution in [0.2, 0.25) is 0 Å². The number of aromatic carboxylic acids is 1. The minimum Gasteiger partial charge on any atom is -0.506 e. The topological polar surface area (TPSA) is 118 Å². The minimum atomic E-state index is -1.53. The fourth-order valence-corrected chi connectivity index (χ4v) is 1.29. The van der Waals surface area contributed by atoms with Gasteiger partial charge in [0.1, 0.15) is 11.3 Å². The fraction of sp³-hybridized carbons (Fsp3) is 0.200. The summed E-state index contributed by atoms with van der Waals surface area (Å²) in [6.07, 6.45) is 0.00772. The minimum absolute atomic E-state index is 0.00772. The molecule has 0 aliphatic heterocycles. The van der Waals surface area contributed by atoms with Crippen LogP contribution in [0.15, 0.2) is 12.1 Å². The van der Waals surface area contributed by atoms with E-state index in [1.165, 1.54) is 6.92 Å². The van der Waals surface area contributed by atoms with Crippen molar-refractivity contribution in [1.82, 2.24) is 0 Å². The van der Waals surface area contributed by atoms with Crippen molar-refractivity contribution >= 4 is 17.4 Å². The molecule has 2 N–H and O–H groups in total. The number of nitro groups is 1. The normalized spacial score (nSPS) is 9.94. The maximum atomic E-state index is 11.4. The Balaban J connectivity index is 3.54. The number of carbonyl (C=O) groups excluding carboxylic acids is 1. The molecule has 0 saturated carbocycles. The summed E-state index contributed by atoms with van der Waals surface area (Å²) in [6, 6.07) is 1.58. The van der Waals surface area contributed by atoms with Crippen LogP contribution in [0.5, 0.6) is 5.75 Å². The van der Waals surface area contributed by atoms with Crippen LogP contribution < -0.4 is 0 Å². The molecule has 0 aliphatic carbocycles. The average Bonchev–Trinajstić information content (AvgIpc) is 2.27. The lowest BCUT2D eigenvalue weighted by atomic mass is 10.0. The Morgan fingerprint density at radius 3 is 2.29 bits per heavy atom. The number of ketones is 1. The quantitative estimate of drug-likeness (QED) is 0.468. The number of non-ortho nitro benzene ring substituents is 1. The maximum Gasteiger partial charge on any atom is 0.339 e. The zero-order chi connectivity index (χ0) is 13.2. The predicted molar refractivity (Wildman–Crippen MR) is 56.3 cm³/mol. The first-order chi connectivity index (χ1) is 7.88. The van der Waals surface area contributed by atoms with E-state index in [1.807, 2.05) is 0 Å². The van der Waals surface area contributed by atoms with Gasteiger partial charge in [0.15, 0.2) is 5.78 Å². The Morgan fingerprint density at radius 1 is 1.35 bits per heavy atom. The Hall–Kier alpha value is -2.44. The summed E-state index contributed by atoms with van der Waals surface area (Å²) in [5.41, 5.74) is -1.55. The third-order valence-corrected chi connectivity index (χ3v) is 2.16. The van der Waals surface area contributed by atoms with Crippen molar-refractivity contribution in [2.45, 2.75) is 13.3 Å². The molecule has 7 nitrogen and oxygen atoms in total. The number of hydrogen-bond acceptors (Lipinski definition) is 5. The molecule has 0 unspecified atom stereocenters. The van der Waals surface area contributed by atoms with Crippen molar-refractivity contribution in [3.63, 3.8) is 0 Å². The predicted octanol–water partition coefficient (Wildman–Crippen LogP) is 1.59. The molecule has 0 aliphatic rings. The fourth-order valence-electron chi connectivity index (χ4n) is 1.29. The smallest absolute Gasteiger partial charge is 0.339 e. The molecule has 0 amide bonds. The van der Waals surface area contributed by atoms with E-state index in [1.54, 1.807) is 0 Å². The van der Waals surface area contributed by atoms with Crippen LogP contribution in [-0.4, -0.2) is 26.9 Å². The Labute approximate surface area is 95.5 Å². The van der Waals surface area contributed by atoms with Gasteiger partial charge in [-0.3, -0.25) is 14.9 Å². The number of aromatic hydroxyl groups is 1. The number of benzene rings is 1. The number of phenols is 1. The van der Waals surface area contributed by atoms with E-state index in [0.717, 1.165) is 6.07 Å². The van der Waals surface area contributed by atoms with E-state index >= 15 is 0 Å². The number of nitro benzene ring substituents is 1. The molecule has 0 heterocycles. The SMILES string of the molecule is CCC(=O)c1cc([N+](=O)[O-])cc(C(=O)O)c1O. The summed E-state index contributed by atoms with van der Waals surface area (Å²) in [4.78, 5) is 31.9. The number of carboxylic acid groups (broad SMARTS) is 1. The van der Waals surface area contributed by atoms with Crippen LogP contribution in [0.25, 0.3) is 0 Å². The highest BCUT2D eigenvalue weighted by Crippen LogP contribution is 2.29. The van der Waals surface area contributed by atoms with Gasteiger partial charge in [0, 0.05) is 18.6 Å². The second kappa shape index (κ2) is 4.60. The van der Waals surface area contributed by atoms with Gasteiger partial charge in [-0.2, -0.15) is 0 Å². The van der Waals surface area contributed by atoms with Crippen molar-refractivity contribution in [1.29, 1.82) is 0 Å². The summed E-state index contributed by atoms with van der Waals surface area (Å²) >= 11 is 0. The molecular weight excluding hydrogens is 230 g/mol. The first-order valence-corrected chi connectivity index (χ1v) is 4.66. The highest BCUT2D eigenvalue weighted by molar-refractivity contribution is 6.03. The van der Waals surface area contributed by atoms with E-state index in [2.05, 4.69) is 0 Å². The molecule has 17 heavy (non-hydrogen) atoms. The zero-order valence-electron chi connectivity index (χ0n) is 8.84. The standard InChI is InChI=1S/C10H9NO6/c1-2-8(12)6-3-5(11(16)17)4-7(9(6)13)10(14)15/h3-4,13H,2H2,1H3,(H,14,15). The van der Waals surface area contributed by atoms with Crippen LogP contribution in [0.3, 0.4) is 0 Å². The molecule has 1 aromatic carbocycles. The van der Waals surface area contributed by atoms with Gasteiger partial charge in [-0.05, 0) is 0 Å². The highest BCUT2D eigenvalue weighted by Gasteiger charge is 2.23. The van der Waals surface area contributed by atoms with Crippen LogP contribution in [0, 0.1) is 10.1 Å². The Morgan fingerprint density at radius 2 is 1.88 bits per heavy atom. The van der Waals surface area contributed by atoms with E-state index < -0.39 is 33.7 Å². The van der Waals surface area contributed by atoms with Gasteiger partial charge >= 0.3 is 5.97 Å². The first-order valence-electron chi connectivity index (χ1n) is 4.66. The summed E-state index contributed by atoms with van der Waals surface area (Å²) < 4.78 is 0. The van der Waals surface area contributed by atoms with Gasteiger partial charge in [-0.15, -0.1) is 0 Å². The van der Waals surface area contributed by atoms with E-state index in [-0.39, 0.29) is 12.0 Å². The summed E-state index contributed by atoms with van der Waals surface area (Å²) in [7, 11) is 0. The van der Waals surface area contributed by atoms with Crippen molar-refractivity contribution in [2.75, 3.05) is 0 Å². The van der Waals surface area contributed by atoms with Crippen molar-refractivity contribution < 1.29 is 24.7 Å². The molecule has 1 rings (SSSR count). The molecule has 0 spiro atoms. The molecule has 0 fully saturated rings. The second-order valence-corrected chi connectivity index (χ2v) is 3.23. The summed E-state index contributed by atoms with van der Waals surface area (Å²) in [5, 5.41) is 28.9. The van der Waals surface area contributed by atoms with Crippen molar-refractivity contribution in [3.8, 4) is 5.75 Å². The van der Waals surface area contributed by atoms with Gasteiger partial charge in [0.05, 0.1) is 10.5 Å². The number of hydrogen-bond donors (Lipinski definition) is 2. The van der Waals surface area contributed by atoms with Gasteiger partial charge in [0.2, 0.25) is 0 Å². The molecule has 0 bridgehead atoms. The summed E-state index contributed by atoms with van der Waals surface area (Å²) in [5.74, 6) is -2.83. The number of nitrogens with zero attached hydrogens (tertiary/aromatic N) is 1. The second-order valence-electron chi connectivity index (χ2n) is 3.23. The number of rotatable bonds is 4. The molecule has 0 aromatic heterocycles. The van der Waals surface area contributed by atoms with Crippen LogP contribution >= 0.6 is 0 Å². The molecule has 0 atom stereocenters. The Bertz CT molecular complexity index is 508. The lowest BCUT2D eigenvalue weighted by Gasteiger charge is -2.05. The molecule has 7 heteroatoms. The van der Waals surface area contributed by atoms with Gasteiger partial charge < -0.3 is 10.2 Å². The third kappa shape index (κ3) is 2.39. The lowest BCUT2D eigenvalue weighted by Crippen LogP contribution is -2.05. The van der Waals surface area contributed by atoms with Crippen molar-refractivity contribution in [3.05, 3.63) is 33.4 Å². The molecule has 0 radical (unpaired) electrons. The zero-order valence-corrected chi connectivity index (χ0v) is 8.84. The average molecular weight is 239 g/mol. The van der Waals surface area contributed by atoms with E-state index in [0.29, 0.717) is 6.07 Å². The highest BCUT2D eigenvalue weighted by atomic mass is 16.6. The largest absolute Gasteiger partial charge is 0.506 e. The lowest BCUT2D eigenvalue weighted by molar-refractivity contribution is -0.384. The monoisotopic (exact) mass is 239 g/mol. The van der Waals surface area contributed by atoms with Crippen LogP contribution in [-0.2, 0) is 0 Å². The van der Waals surface area contributed by atoms with Gasteiger partial charge in [-0.25, -0.2) is 4.79 Å². The Kier molecular flexibility index (Phi) is 3.42. The molecule has 1 aromatic rings. The van der Waals surface area contributed by atoms with Crippen LogP contribution in [0.4, 0.5) is 5.69 Å². The van der Waals surface area contributed by atoms with Crippen LogP contribution in [0.1, 0.15) is 34.1 Å². The number of Topliss-reactive ketones (excluding diaryl/α,β-unsaturated/α-hetero) is 1. The van der Waals surface area contributed by atoms with E-state index in [4.69, 9.17) is 5.11 Å². The molecule has 0 saturated heterocycles. The van der Waals surface area contributed by atoms with Gasteiger partial charge in [-0.1, -0.05) is 6.92 Å². The first kappa shape index (κ1) is 12.6.